The zero-order valence-electron chi connectivity index (χ0n) is 18.2. The zero-order valence-corrected chi connectivity index (χ0v) is 18.2. The normalized spacial score (nSPS) is 11.5. The summed E-state index contributed by atoms with van der Waals surface area (Å²) in [5.74, 6) is -1.63. The quantitative estimate of drug-likeness (QED) is 0.462. The molecule has 0 aliphatic rings. The Balaban J connectivity index is 2.11. The highest BCUT2D eigenvalue weighted by molar-refractivity contribution is 5.84. The Hall–Kier alpha value is -3.69. The van der Waals surface area contributed by atoms with E-state index in [0.29, 0.717) is 0 Å². The number of carbonyl (C=O) groups is 1. The van der Waals surface area contributed by atoms with Crippen LogP contribution in [0.4, 0.5) is 13.2 Å². The van der Waals surface area contributed by atoms with Crippen LogP contribution in [-0.2, 0) is 15.7 Å². The van der Waals surface area contributed by atoms with Crippen molar-refractivity contribution in [3.63, 3.8) is 0 Å². The second-order valence-corrected chi connectivity index (χ2v) is 7.19. The minimum absolute atomic E-state index is 0.0401. The molecule has 3 aromatic rings. The van der Waals surface area contributed by atoms with Crippen molar-refractivity contribution in [3.8, 4) is 28.4 Å². The van der Waals surface area contributed by atoms with Crippen LogP contribution in [0.5, 0.6) is 17.2 Å². The van der Waals surface area contributed by atoms with Crippen LogP contribution >= 0.6 is 0 Å². The van der Waals surface area contributed by atoms with Crippen LogP contribution < -0.4 is 19.6 Å². The smallest absolute Gasteiger partial charge is 0.450 e. The number of fused-ring (bicyclic) bond motifs is 1. The first-order chi connectivity index (χ1) is 15.5. The van der Waals surface area contributed by atoms with E-state index >= 15 is 0 Å². The molecule has 0 saturated carbocycles. The van der Waals surface area contributed by atoms with Gasteiger partial charge in [0.1, 0.15) is 11.3 Å². The molecule has 0 radical (unpaired) electrons. The monoisotopic (exact) mass is 466 g/mol. The van der Waals surface area contributed by atoms with Crippen molar-refractivity contribution in [2.45, 2.75) is 26.1 Å². The van der Waals surface area contributed by atoms with Gasteiger partial charge in [-0.25, -0.2) is 4.79 Å². The number of alkyl halides is 3. The highest BCUT2D eigenvalue weighted by Crippen LogP contribution is 2.40. The summed E-state index contributed by atoms with van der Waals surface area (Å²) < 4.78 is 67.2. The molecule has 0 aliphatic heterocycles. The molecule has 176 valence electrons. The van der Waals surface area contributed by atoms with Gasteiger partial charge < -0.3 is 23.4 Å². The number of esters is 1. The van der Waals surface area contributed by atoms with E-state index in [4.69, 9.17) is 23.4 Å². The molecule has 1 heterocycles. The van der Waals surface area contributed by atoms with Crippen molar-refractivity contribution in [1.82, 2.24) is 0 Å². The number of halogens is 3. The largest absolute Gasteiger partial charge is 0.493 e. The molecule has 0 fully saturated rings. The second kappa shape index (κ2) is 9.43. The van der Waals surface area contributed by atoms with Crippen LogP contribution in [0.3, 0.4) is 0 Å². The number of carbonyl (C=O) groups excluding carboxylic acids is 1. The number of hydrogen-bond donors (Lipinski definition) is 0. The summed E-state index contributed by atoms with van der Waals surface area (Å²) >= 11 is 0. The van der Waals surface area contributed by atoms with E-state index in [0.717, 1.165) is 6.07 Å². The Labute approximate surface area is 186 Å². The maximum Gasteiger partial charge on any atom is 0.450 e. The molecule has 33 heavy (non-hydrogen) atoms. The first-order valence-electron chi connectivity index (χ1n) is 9.78. The predicted octanol–water partition coefficient (Wildman–Crippen LogP) is 4.83. The lowest BCUT2D eigenvalue weighted by Gasteiger charge is -2.15. The van der Waals surface area contributed by atoms with Crippen LogP contribution in [0, 0.1) is 0 Å². The maximum atomic E-state index is 13.9. The van der Waals surface area contributed by atoms with Crippen LogP contribution in [0.25, 0.3) is 22.1 Å². The number of ether oxygens (including phenoxy) is 4. The molecule has 10 heteroatoms. The van der Waals surface area contributed by atoms with Gasteiger partial charge in [-0.1, -0.05) is 6.07 Å². The molecule has 0 bridgehead atoms. The first-order valence-corrected chi connectivity index (χ1v) is 9.78. The molecule has 7 nitrogen and oxygen atoms in total. The molecular weight excluding hydrogens is 445 g/mol. The van der Waals surface area contributed by atoms with Gasteiger partial charge in [-0.15, -0.1) is 0 Å². The number of benzene rings is 2. The first kappa shape index (κ1) is 24.0. The third-order valence-corrected chi connectivity index (χ3v) is 4.52. The Morgan fingerprint density at radius 2 is 1.73 bits per heavy atom. The van der Waals surface area contributed by atoms with E-state index in [2.05, 4.69) is 0 Å². The summed E-state index contributed by atoms with van der Waals surface area (Å²) in [5.41, 5.74) is -1.94. The van der Waals surface area contributed by atoms with Crippen LogP contribution in [0.15, 0.2) is 45.6 Å². The number of rotatable bonds is 7. The van der Waals surface area contributed by atoms with Crippen molar-refractivity contribution in [1.29, 1.82) is 0 Å². The lowest BCUT2D eigenvalue weighted by atomic mass is 10.0. The molecule has 0 N–H and O–H groups in total. The predicted molar refractivity (Wildman–Crippen MR) is 113 cm³/mol. The third kappa shape index (κ3) is 5.21. The summed E-state index contributed by atoms with van der Waals surface area (Å²) in [6.07, 6.45) is -5.31. The third-order valence-electron chi connectivity index (χ3n) is 4.52. The molecule has 0 spiro atoms. The molecule has 2 aromatic carbocycles. The van der Waals surface area contributed by atoms with E-state index in [1.54, 1.807) is 13.8 Å². The molecule has 0 atom stereocenters. The Morgan fingerprint density at radius 3 is 2.33 bits per heavy atom. The van der Waals surface area contributed by atoms with Gasteiger partial charge in [-0.3, -0.25) is 4.79 Å². The van der Waals surface area contributed by atoms with Crippen molar-refractivity contribution in [3.05, 3.63) is 52.4 Å². The molecule has 0 saturated heterocycles. The van der Waals surface area contributed by atoms with Crippen molar-refractivity contribution < 1.29 is 41.3 Å². The number of methoxy groups -OCH3 is 2. The SMILES string of the molecule is COc1ccc(-c2c(C(F)(F)F)oc3cc(OCC(=O)OC(C)C)ccc3c2=O)cc1OC. The maximum absolute atomic E-state index is 13.9. The van der Waals surface area contributed by atoms with E-state index in [9.17, 15) is 22.8 Å². The lowest BCUT2D eigenvalue weighted by molar-refractivity contribution is -0.152. The van der Waals surface area contributed by atoms with Gasteiger partial charge in [0.2, 0.25) is 11.2 Å². The Kier molecular flexibility index (Phi) is 6.85. The standard InChI is InChI=1S/C23H21F3O7/c1-12(2)32-19(27)11-31-14-6-7-15-17(10-14)33-22(23(24,25)26)20(21(15)28)13-5-8-16(29-3)18(9-13)30-4/h5-10,12H,11H2,1-4H3. The summed E-state index contributed by atoms with van der Waals surface area (Å²) in [4.78, 5) is 24.7. The van der Waals surface area contributed by atoms with E-state index in [-0.39, 0.29) is 39.9 Å². The second-order valence-electron chi connectivity index (χ2n) is 7.19. The summed E-state index contributed by atoms with van der Waals surface area (Å²) in [7, 11) is 2.71. The molecule has 0 unspecified atom stereocenters. The van der Waals surface area contributed by atoms with Crippen LogP contribution in [0.1, 0.15) is 19.6 Å². The van der Waals surface area contributed by atoms with Gasteiger partial charge in [-0.05, 0) is 43.7 Å². The van der Waals surface area contributed by atoms with Gasteiger partial charge in [0.05, 0.1) is 31.3 Å². The molecule has 3 rings (SSSR count). The van der Waals surface area contributed by atoms with Gasteiger partial charge in [0.25, 0.3) is 0 Å². The fraction of sp³-hybridized carbons (Fsp3) is 0.304. The molecule has 1 aromatic heterocycles. The average Bonchev–Trinajstić information content (AvgIpc) is 2.75. The summed E-state index contributed by atoms with van der Waals surface area (Å²) in [5, 5.41) is -0.0927. The van der Waals surface area contributed by atoms with Gasteiger partial charge in [-0.2, -0.15) is 13.2 Å². The molecule has 0 aliphatic carbocycles. The number of hydrogen-bond acceptors (Lipinski definition) is 7. The van der Waals surface area contributed by atoms with Crippen LogP contribution in [-0.4, -0.2) is 32.9 Å². The minimum Gasteiger partial charge on any atom is -0.493 e. The van der Waals surface area contributed by atoms with Crippen molar-refractivity contribution in [2.75, 3.05) is 20.8 Å². The molecular formula is C23H21F3O7. The van der Waals surface area contributed by atoms with Gasteiger partial charge in [0.15, 0.2) is 18.1 Å². The average molecular weight is 466 g/mol. The highest BCUT2D eigenvalue weighted by Gasteiger charge is 2.39. The highest BCUT2D eigenvalue weighted by atomic mass is 19.4. The lowest BCUT2D eigenvalue weighted by Crippen LogP contribution is -2.19. The van der Waals surface area contributed by atoms with Gasteiger partial charge >= 0.3 is 12.1 Å². The minimum atomic E-state index is -4.96. The van der Waals surface area contributed by atoms with Crippen LogP contribution in [0.2, 0.25) is 0 Å². The molecule has 0 amide bonds. The van der Waals surface area contributed by atoms with Crippen molar-refractivity contribution >= 4 is 16.9 Å². The fourth-order valence-corrected chi connectivity index (χ4v) is 3.16. The zero-order chi connectivity index (χ0) is 24.3. The Morgan fingerprint density at radius 1 is 1.03 bits per heavy atom. The Bertz CT molecular complexity index is 1230. The summed E-state index contributed by atoms with van der Waals surface area (Å²) in [6, 6.07) is 7.72. The van der Waals surface area contributed by atoms with Crippen molar-refractivity contribution in [2.24, 2.45) is 0 Å². The topological polar surface area (TPSA) is 84.2 Å². The van der Waals surface area contributed by atoms with E-state index < -0.39 is 35.5 Å². The van der Waals surface area contributed by atoms with Gasteiger partial charge in [0, 0.05) is 6.07 Å². The summed E-state index contributed by atoms with van der Waals surface area (Å²) in [6.45, 7) is 2.87. The fourth-order valence-electron chi connectivity index (χ4n) is 3.16. The van der Waals surface area contributed by atoms with E-state index in [1.807, 2.05) is 0 Å². The van der Waals surface area contributed by atoms with E-state index in [1.165, 1.54) is 44.6 Å².